The zero-order chi connectivity index (χ0) is 11.5. The first-order valence-electron chi connectivity index (χ1n) is 4.98. The standard InChI is InChI=1S/C11H16N4/c1-3-5-8-14-11(6-7-12)15(10-13)9-4-2/h3H,1,4-6,8-9H2,2H3. The molecule has 0 unspecified atom stereocenters. The molecule has 0 saturated heterocycles. The average molecular weight is 204 g/mol. The van der Waals surface area contributed by atoms with E-state index in [1.165, 1.54) is 4.90 Å². The van der Waals surface area contributed by atoms with Gasteiger partial charge in [0.15, 0.2) is 6.19 Å². The summed E-state index contributed by atoms with van der Waals surface area (Å²) in [5.74, 6) is 0.559. The van der Waals surface area contributed by atoms with Gasteiger partial charge in [0.2, 0.25) is 0 Å². The van der Waals surface area contributed by atoms with E-state index in [1.807, 2.05) is 19.2 Å². The van der Waals surface area contributed by atoms with Gasteiger partial charge in [-0.1, -0.05) is 13.0 Å². The number of aliphatic imine (C=N–C) groups is 1. The second-order valence-electron chi connectivity index (χ2n) is 2.96. The van der Waals surface area contributed by atoms with Crippen molar-refractivity contribution in [2.75, 3.05) is 13.1 Å². The molecule has 0 aliphatic rings. The molecule has 0 aliphatic carbocycles. The third-order valence-electron chi connectivity index (χ3n) is 1.74. The van der Waals surface area contributed by atoms with Crippen molar-refractivity contribution < 1.29 is 0 Å². The van der Waals surface area contributed by atoms with Gasteiger partial charge in [-0.25, -0.2) is 0 Å². The second-order valence-corrected chi connectivity index (χ2v) is 2.96. The van der Waals surface area contributed by atoms with E-state index in [-0.39, 0.29) is 6.42 Å². The normalized spacial score (nSPS) is 10.2. The summed E-state index contributed by atoms with van der Waals surface area (Å²) in [5, 5.41) is 17.5. The highest BCUT2D eigenvalue weighted by Gasteiger charge is 2.08. The van der Waals surface area contributed by atoms with E-state index in [2.05, 4.69) is 11.6 Å². The first-order valence-corrected chi connectivity index (χ1v) is 4.98. The molecule has 0 heterocycles. The van der Waals surface area contributed by atoms with Crippen LogP contribution in [0, 0.1) is 22.8 Å². The summed E-state index contributed by atoms with van der Waals surface area (Å²) < 4.78 is 0. The third kappa shape index (κ3) is 5.49. The molecule has 0 atom stereocenters. The molecular weight excluding hydrogens is 188 g/mol. The van der Waals surface area contributed by atoms with Gasteiger partial charge in [0.25, 0.3) is 0 Å². The van der Waals surface area contributed by atoms with Gasteiger partial charge in [-0.2, -0.15) is 10.5 Å². The van der Waals surface area contributed by atoms with Crippen molar-refractivity contribution >= 4 is 5.84 Å². The highest BCUT2D eigenvalue weighted by Crippen LogP contribution is 1.98. The summed E-state index contributed by atoms with van der Waals surface area (Å²) in [6.07, 6.45) is 5.62. The van der Waals surface area contributed by atoms with Crippen molar-refractivity contribution in [2.24, 2.45) is 4.99 Å². The summed E-state index contributed by atoms with van der Waals surface area (Å²) >= 11 is 0. The molecule has 0 aromatic carbocycles. The topological polar surface area (TPSA) is 63.2 Å². The molecule has 0 aromatic rings. The van der Waals surface area contributed by atoms with Crippen molar-refractivity contribution in [3.63, 3.8) is 0 Å². The van der Waals surface area contributed by atoms with Crippen LogP contribution in [0.3, 0.4) is 0 Å². The first-order chi connectivity index (χ1) is 7.29. The van der Waals surface area contributed by atoms with E-state index in [1.54, 1.807) is 6.08 Å². The number of hydrogen-bond acceptors (Lipinski definition) is 3. The van der Waals surface area contributed by atoms with E-state index in [4.69, 9.17) is 10.5 Å². The smallest absolute Gasteiger partial charge is 0.185 e. The van der Waals surface area contributed by atoms with Gasteiger partial charge in [0.1, 0.15) is 5.84 Å². The molecule has 0 spiro atoms. The molecule has 0 saturated carbocycles. The first kappa shape index (κ1) is 13.2. The van der Waals surface area contributed by atoms with Crippen LogP contribution in [0.15, 0.2) is 17.6 Å². The van der Waals surface area contributed by atoms with E-state index in [9.17, 15) is 0 Å². The quantitative estimate of drug-likeness (QED) is 0.166. The van der Waals surface area contributed by atoms with Gasteiger partial charge in [0, 0.05) is 13.1 Å². The van der Waals surface area contributed by atoms with E-state index in [0.717, 1.165) is 12.8 Å². The Morgan fingerprint density at radius 2 is 2.27 bits per heavy atom. The summed E-state index contributed by atoms with van der Waals surface area (Å²) in [5.41, 5.74) is 0. The number of amidine groups is 1. The largest absolute Gasteiger partial charge is 0.270 e. The van der Waals surface area contributed by atoms with Crippen LogP contribution in [0.4, 0.5) is 0 Å². The Morgan fingerprint density at radius 3 is 2.73 bits per heavy atom. The molecule has 15 heavy (non-hydrogen) atoms. The minimum Gasteiger partial charge on any atom is -0.270 e. The Bertz CT molecular complexity index is 293. The minimum atomic E-state index is 0.185. The fraction of sp³-hybridized carbons (Fsp3) is 0.545. The Hall–Kier alpha value is -1.81. The van der Waals surface area contributed by atoms with Crippen LogP contribution >= 0.6 is 0 Å². The lowest BCUT2D eigenvalue weighted by molar-refractivity contribution is 0.555. The predicted octanol–water partition coefficient (Wildman–Crippen LogP) is 2.07. The van der Waals surface area contributed by atoms with Crippen LogP contribution in [-0.2, 0) is 0 Å². The highest BCUT2D eigenvalue weighted by atomic mass is 15.2. The lowest BCUT2D eigenvalue weighted by atomic mass is 10.3. The molecule has 0 bridgehead atoms. The molecule has 0 radical (unpaired) electrons. The molecule has 80 valence electrons. The zero-order valence-corrected chi connectivity index (χ0v) is 9.11. The maximum atomic E-state index is 8.88. The van der Waals surface area contributed by atoms with Crippen LogP contribution in [0.5, 0.6) is 0 Å². The SMILES string of the molecule is C=CCCN=C(CC#N)N(C#N)CCC. The average Bonchev–Trinajstić information content (AvgIpc) is 2.25. The molecule has 0 aromatic heterocycles. The molecule has 0 fully saturated rings. The zero-order valence-electron chi connectivity index (χ0n) is 9.11. The lowest BCUT2D eigenvalue weighted by Crippen LogP contribution is -2.27. The van der Waals surface area contributed by atoms with Crippen molar-refractivity contribution in [1.82, 2.24) is 4.90 Å². The van der Waals surface area contributed by atoms with Gasteiger partial charge < -0.3 is 0 Å². The molecular formula is C11H16N4. The Balaban J connectivity index is 4.48. The number of nitrogens with zero attached hydrogens (tertiary/aromatic N) is 4. The van der Waals surface area contributed by atoms with Gasteiger partial charge in [-0.3, -0.25) is 9.89 Å². The van der Waals surface area contributed by atoms with Gasteiger partial charge >= 0.3 is 0 Å². The van der Waals surface area contributed by atoms with Crippen LogP contribution < -0.4 is 0 Å². The van der Waals surface area contributed by atoms with Crippen LogP contribution in [0.2, 0.25) is 0 Å². The molecule has 4 nitrogen and oxygen atoms in total. The minimum absolute atomic E-state index is 0.185. The van der Waals surface area contributed by atoms with Gasteiger partial charge in [-0.15, -0.1) is 6.58 Å². The summed E-state index contributed by atoms with van der Waals surface area (Å²) in [7, 11) is 0. The fourth-order valence-corrected chi connectivity index (χ4v) is 1.05. The third-order valence-corrected chi connectivity index (χ3v) is 1.74. The Morgan fingerprint density at radius 1 is 1.53 bits per heavy atom. The van der Waals surface area contributed by atoms with Crippen molar-refractivity contribution in [3.05, 3.63) is 12.7 Å². The van der Waals surface area contributed by atoms with Crippen molar-refractivity contribution in [3.8, 4) is 12.3 Å². The monoisotopic (exact) mass is 204 g/mol. The maximum absolute atomic E-state index is 8.88. The molecule has 0 aliphatic heterocycles. The van der Waals surface area contributed by atoms with Crippen molar-refractivity contribution in [1.29, 1.82) is 10.5 Å². The predicted molar refractivity (Wildman–Crippen MR) is 60.0 cm³/mol. The van der Waals surface area contributed by atoms with Crippen LogP contribution in [-0.4, -0.2) is 23.8 Å². The van der Waals surface area contributed by atoms with Gasteiger partial charge in [0.05, 0.1) is 12.5 Å². The molecule has 0 rings (SSSR count). The van der Waals surface area contributed by atoms with E-state index >= 15 is 0 Å². The lowest BCUT2D eigenvalue weighted by Gasteiger charge is -2.14. The molecule has 4 heteroatoms. The maximum Gasteiger partial charge on any atom is 0.185 e. The van der Waals surface area contributed by atoms with Gasteiger partial charge in [-0.05, 0) is 12.8 Å². The number of rotatable bonds is 6. The summed E-state index contributed by atoms with van der Waals surface area (Å²) in [6, 6.07) is 2.02. The fourth-order valence-electron chi connectivity index (χ4n) is 1.05. The van der Waals surface area contributed by atoms with E-state index < -0.39 is 0 Å². The van der Waals surface area contributed by atoms with Crippen LogP contribution in [0.25, 0.3) is 0 Å². The number of hydrogen-bond donors (Lipinski definition) is 0. The molecule has 0 amide bonds. The Labute approximate surface area is 91.1 Å². The van der Waals surface area contributed by atoms with E-state index in [0.29, 0.717) is 18.9 Å². The summed E-state index contributed by atoms with van der Waals surface area (Å²) in [4.78, 5) is 5.70. The number of nitriles is 2. The van der Waals surface area contributed by atoms with Crippen molar-refractivity contribution in [2.45, 2.75) is 26.2 Å². The Kier molecular flexibility index (Phi) is 7.71. The summed E-state index contributed by atoms with van der Waals surface area (Å²) in [6.45, 7) is 6.78. The molecule has 0 N–H and O–H groups in total. The van der Waals surface area contributed by atoms with Crippen LogP contribution in [0.1, 0.15) is 26.2 Å². The highest BCUT2D eigenvalue weighted by molar-refractivity contribution is 5.85. The second kappa shape index (κ2) is 8.77.